The number of carbonyl (C=O) groups is 2. The van der Waals surface area contributed by atoms with Gasteiger partial charge in [-0.05, 0) is 26.7 Å². The molecule has 1 fully saturated rings. The minimum absolute atomic E-state index is 0.0138. The van der Waals surface area contributed by atoms with Gasteiger partial charge in [0.05, 0.1) is 12.5 Å². The first-order valence-corrected chi connectivity index (χ1v) is 7.33. The van der Waals surface area contributed by atoms with Crippen LogP contribution in [0.5, 0.6) is 0 Å². The smallest absolute Gasteiger partial charge is 0.310 e. The highest BCUT2D eigenvalue weighted by molar-refractivity contribution is 5.78. The van der Waals surface area contributed by atoms with Gasteiger partial charge in [-0.1, -0.05) is 5.16 Å². The second-order valence-corrected chi connectivity index (χ2v) is 5.17. The average Bonchev–Trinajstić information content (AvgIpc) is 2.91. The summed E-state index contributed by atoms with van der Waals surface area (Å²) in [5.41, 5.74) is 0. The summed E-state index contributed by atoms with van der Waals surface area (Å²) in [6, 6.07) is 0. The summed E-state index contributed by atoms with van der Waals surface area (Å²) >= 11 is 0. The molecule has 116 valence electrons. The number of hydrogen-bond acceptors (Lipinski definition) is 6. The molecule has 2 rings (SSSR count). The first-order valence-electron chi connectivity index (χ1n) is 7.33. The van der Waals surface area contributed by atoms with Gasteiger partial charge in [-0.2, -0.15) is 4.98 Å². The van der Waals surface area contributed by atoms with Crippen molar-refractivity contribution in [3.05, 3.63) is 11.7 Å². The molecular weight excluding hydrogens is 274 g/mol. The molecule has 0 bridgehead atoms. The number of rotatable bonds is 5. The van der Waals surface area contributed by atoms with Crippen molar-refractivity contribution in [2.45, 2.75) is 39.5 Å². The lowest BCUT2D eigenvalue weighted by atomic mass is 9.98. The molecular formula is C14H21N3O4. The summed E-state index contributed by atoms with van der Waals surface area (Å²) < 4.78 is 10.0. The van der Waals surface area contributed by atoms with Gasteiger partial charge in [0.25, 0.3) is 0 Å². The van der Waals surface area contributed by atoms with Crippen LogP contribution < -0.4 is 0 Å². The molecule has 0 radical (unpaired) electrons. The topological polar surface area (TPSA) is 85.5 Å². The van der Waals surface area contributed by atoms with Crippen molar-refractivity contribution >= 4 is 11.9 Å². The zero-order chi connectivity index (χ0) is 15.2. The van der Waals surface area contributed by atoms with Crippen LogP contribution in [0.25, 0.3) is 0 Å². The molecule has 1 atom stereocenters. The minimum Gasteiger partial charge on any atom is -0.466 e. The molecule has 1 aliphatic heterocycles. The molecule has 7 heteroatoms. The molecule has 0 unspecified atom stereocenters. The number of amides is 1. The number of likely N-dealkylation sites (tertiary alicyclic amines) is 1. The van der Waals surface area contributed by atoms with E-state index in [0.29, 0.717) is 44.3 Å². The van der Waals surface area contributed by atoms with Gasteiger partial charge in [0.15, 0.2) is 5.82 Å². The van der Waals surface area contributed by atoms with Gasteiger partial charge in [-0.3, -0.25) is 9.59 Å². The molecule has 1 aromatic rings. The summed E-state index contributed by atoms with van der Waals surface area (Å²) in [7, 11) is 0. The van der Waals surface area contributed by atoms with Gasteiger partial charge in [-0.15, -0.1) is 0 Å². The molecule has 0 N–H and O–H groups in total. The molecule has 0 aliphatic carbocycles. The molecule has 0 aromatic carbocycles. The Kier molecular flexibility index (Phi) is 5.30. The maximum atomic E-state index is 12.2. The Morgan fingerprint density at radius 2 is 2.29 bits per heavy atom. The van der Waals surface area contributed by atoms with E-state index < -0.39 is 0 Å². The Bertz CT molecular complexity index is 500. The van der Waals surface area contributed by atoms with E-state index in [2.05, 4.69) is 10.1 Å². The second-order valence-electron chi connectivity index (χ2n) is 5.17. The summed E-state index contributed by atoms with van der Waals surface area (Å²) in [6.45, 7) is 5.04. The standard InChI is InChI=1S/C14H21N3O4/c1-3-20-14(19)11-5-4-8-17(9-11)13(18)7-6-12-15-10(2)16-21-12/h11H,3-9H2,1-2H3/t11-/m1/s1. The van der Waals surface area contributed by atoms with E-state index in [1.54, 1.807) is 18.7 Å². The summed E-state index contributed by atoms with van der Waals surface area (Å²) in [6.07, 6.45) is 2.36. The predicted molar refractivity (Wildman–Crippen MR) is 73.3 cm³/mol. The third-order valence-electron chi connectivity index (χ3n) is 3.52. The van der Waals surface area contributed by atoms with Gasteiger partial charge in [-0.25, -0.2) is 0 Å². The lowest BCUT2D eigenvalue weighted by Gasteiger charge is -2.31. The number of esters is 1. The van der Waals surface area contributed by atoms with E-state index in [-0.39, 0.29) is 17.8 Å². The zero-order valence-corrected chi connectivity index (χ0v) is 12.5. The number of carbonyl (C=O) groups excluding carboxylic acids is 2. The summed E-state index contributed by atoms with van der Waals surface area (Å²) in [5.74, 6) is 0.647. The molecule has 1 aromatic heterocycles. The van der Waals surface area contributed by atoms with E-state index in [9.17, 15) is 9.59 Å². The summed E-state index contributed by atoms with van der Waals surface area (Å²) in [4.78, 5) is 29.7. The van der Waals surface area contributed by atoms with Crippen LogP contribution in [0.3, 0.4) is 0 Å². The van der Waals surface area contributed by atoms with Crippen LogP contribution in [-0.2, 0) is 20.7 Å². The highest BCUT2D eigenvalue weighted by Gasteiger charge is 2.29. The van der Waals surface area contributed by atoms with Crippen molar-refractivity contribution in [3.8, 4) is 0 Å². The van der Waals surface area contributed by atoms with E-state index in [1.165, 1.54) is 0 Å². The molecule has 1 aliphatic rings. The van der Waals surface area contributed by atoms with Crippen molar-refractivity contribution in [2.24, 2.45) is 5.92 Å². The van der Waals surface area contributed by atoms with Crippen LogP contribution in [0.15, 0.2) is 4.52 Å². The molecule has 1 saturated heterocycles. The predicted octanol–water partition coefficient (Wildman–Crippen LogP) is 1.11. The third kappa shape index (κ3) is 4.27. The van der Waals surface area contributed by atoms with Crippen LogP contribution in [0.4, 0.5) is 0 Å². The van der Waals surface area contributed by atoms with Crippen LogP contribution >= 0.6 is 0 Å². The first-order chi connectivity index (χ1) is 10.1. The van der Waals surface area contributed by atoms with Gasteiger partial charge in [0.1, 0.15) is 0 Å². The Hall–Kier alpha value is -1.92. The van der Waals surface area contributed by atoms with Crippen molar-refractivity contribution in [1.29, 1.82) is 0 Å². The number of aryl methyl sites for hydroxylation is 2. The monoisotopic (exact) mass is 295 g/mol. The Morgan fingerprint density at radius 3 is 2.95 bits per heavy atom. The lowest BCUT2D eigenvalue weighted by molar-refractivity contribution is -0.151. The van der Waals surface area contributed by atoms with Gasteiger partial charge >= 0.3 is 5.97 Å². The number of nitrogens with zero attached hydrogens (tertiary/aromatic N) is 3. The van der Waals surface area contributed by atoms with Crippen molar-refractivity contribution in [1.82, 2.24) is 15.0 Å². The Labute approximate surface area is 123 Å². The van der Waals surface area contributed by atoms with E-state index >= 15 is 0 Å². The average molecular weight is 295 g/mol. The van der Waals surface area contributed by atoms with Gasteiger partial charge < -0.3 is 14.2 Å². The maximum absolute atomic E-state index is 12.2. The minimum atomic E-state index is -0.206. The number of aromatic nitrogens is 2. The van der Waals surface area contributed by atoms with E-state index in [1.807, 2.05) is 0 Å². The Morgan fingerprint density at radius 1 is 1.48 bits per heavy atom. The highest BCUT2D eigenvalue weighted by Crippen LogP contribution is 2.19. The quantitative estimate of drug-likeness (QED) is 0.756. The largest absolute Gasteiger partial charge is 0.466 e. The van der Waals surface area contributed by atoms with Crippen LogP contribution in [0, 0.1) is 12.8 Å². The molecule has 0 spiro atoms. The van der Waals surface area contributed by atoms with Crippen molar-refractivity contribution in [3.63, 3.8) is 0 Å². The SMILES string of the molecule is CCOC(=O)[C@@H]1CCCN(C(=O)CCc2nc(C)no2)C1. The summed E-state index contributed by atoms with van der Waals surface area (Å²) in [5, 5.41) is 3.69. The molecule has 7 nitrogen and oxygen atoms in total. The molecule has 0 saturated carbocycles. The van der Waals surface area contributed by atoms with Crippen LogP contribution in [0.2, 0.25) is 0 Å². The fourth-order valence-corrected chi connectivity index (χ4v) is 2.47. The van der Waals surface area contributed by atoms with Crippen molar-refractivity contribution < 1.29 is 18.8 Å². The number of piperidine rings is 1. The number of hydrogen-bond donors (Lipinski definition) is 0. The first kappa shape index (κ1) is 15.5. The number of ether oxygens (including phenoxy) is 1. The van der Waals surface area contributed by atoms with Crippen molar-refractivity contribution in [2.75, 3.05) is 19.7 Å². The van der Waals surface area contributed by atoms with E-state index in [0.717, 1.165) is 12.8 Å². The fraction of sp³-hybridized carbons (Fsp3) is 0.714. The maximum Gasteiger partial charge on any atom is 0.310 e. The zero-order valence-electron chi connectivity index (χ0n) is 12.5. The Balaban J connectivity index is 1.82. The lowest BCUT2D eigenvalue weighted by Crippen LogP contribution is -2.42. The third-order valence-corrected chi connectivity index (χ3v) is 3.52. The highest BCUT2D eigenvalue weighted by atomic mass is 16.5. The van der Waals surface area contributed by atoms with Gasteiger partial charge in [0.2, 0.25) is 11.8 Å². The van der Waals surface area contributed by atoms with Crippen LogP contribution in [0.1, 0.15) is 37.9 Å². The molecule has 1 amide bonds. The molecule has 2 heterocycles. The molecule has 21 heavy (non-hydrogen) atoms. The van der Waals surface area contributed by atoms with E-state index in [4.69, 9.17) is 9.26 Å². The van der Waals surface area contributed by atoms with Crippen LogP contribution in [-0.4, -0.2) is 46.6 Å². The van der Waals surface area contributed by atoms with Gasteiger partial charge in [0, 0.05) is 25.9 Å². The normalized spacial score (nSPS) is 18.6. The second kappa shape index (κ2) is 7.19. The fourth-order valence-electron chi connectivity index (χ4n) is 2.47.